The Labute approximate surface area is 194 Å². The molecule has 1 saturated heterocycles. The van der Waals surface area contributed by atoms with E-state index >= 15 is 0 Å². The monoisotopic (exact) mass is 484 g/mol. The van der Waals surface area contributed by atoms with Crippen LogP contribution in [-0.2, 0) is 15.7 Å². The Morgan fingerprint density at radius 3 is 2.47 bits per heavy atom. The number of carbonyl (C=O) groups is 1. The molecule has 2 aromatic rings. The van der Waals surface area contributed by atoms with Crippen molar-refractivity contribution in [2.24, 2.45) is 0 Å². The lowest BCUT2D eigenvalue weighted by Gasteiger charge is -2.35. The van der Waals surface area contributed by atoms with E-state index in [4.69, 9.17) is 14.2 Å². The number of ether oxygens (including phenoxy) is 3. The van der Waals surface area contributed by atoms with Crippen molar-refractivity contribution in [3.63, 3.8) is 0 Å². The molecule has 1 amide bonds. The second kappa shape index (κ2) is 11.2. The number of amides is 1. The van der Waals surface area contributed by atoms with Crippen molar-refractivity contribution in [3.05, 3.63) is 46.4 Å². The third-order valence-corrected chi connectivity index (χ3v) is 5.16. The number of halogens is 3. The Balaban J connectivity index is 1.91. The highest BCUT2D eigenvalue weighted by atomic mass is 19.4. The van der Waals surface area contributed by atoms with Gasteiger partial charge in [-0.3, -0.25) is 4.79 Å². The van der Waals surface area contributed by atoms with Crippen molar-refractivity contribution >= 4 is 11.8 Å². The maximum Gasteiger partial charge on any atom is 0.416 e. The van der Waals surface area contributed by atoms with Crippen molar-refractivity contribution in [3.8, 4) is 11.4 Å². The molecule has 0 unspecified atom stereocenters. The van der Waals surface area contributed by atoms with Gasteiger partial charge in [0.05, 0.1) is 30.7 Å². The molecular formula is C22H27F3N4O5. The first-order valence-corrected chi connectivity index (χ1v) is 10.9. The van der Waals surface area contributed by atoms with E-state index < -0.39 is 23.4 Å². The average Bonchev–Trinajstić information content (AvgIpc) is 2.82. The van der Waals surface area contributed by atoms with Crippen LogP contribution in [0, 0.1) is 0 Å². The van der Waals surface area contributed by atoms with E-state index in [-0.39, 0.29) is 31.3 Å². The smallest absolute Gasteiger partial charge is 0.416 e. The number of carbonyl (C=O) groups excluding carboxylic acids is 1. The van der Waals surface area contributed by atoms with Gasteiger partial charge in [0.1, 0.15) is 12.3 Å². The van der Waals surface area contributed by atoms with Gasteiger partial charge >= 0.3 is 17.8 Å². The molecule has 0 saturated carbocycles. The standard InChI is InChI=1S/C22H27F3N4O5/c1-3-32-12-13-34-19-18(27-8-10-28(11-9-27)21(31)33-4-2)15-26-29(20(19)30)17-7-5-6-16(14-17)22(23,24)25/h5-7,14-15H,3-4,8-13H2,1-2H3. The Morgan fingerprint density at radius 2 is 1.82 bits per heavy atom. The molecule has 0 spiro atoms. The molecule has 0 aliphatic carbocycles. The molecule has 1 aliphatic heterocycles. The fraction of sp³-hybridized carbons (Fsp3) is 0.500. The quantitative estimate of drug-likeness (QED) is 0.533. The van der Waals surface area contributed by atoms with E-state index in [2.05, 4.69) is 5.10 Å². The first-order valence-electron chi connectivity index (χ1n) is 10.9. The lowest BCUT2D eigenvalue weighted by atomic mass is 10.2. The van der Waals surface area contributed by atoms with E-state index in [0.717, 1.165) is 16.8 Å². The summed E-state index contributed by atoms with van der Waals surface area (Å²) in [5.41, 5.74) is -1.22. The minimum absolute atomic E-state index is 0.0341. The van der Waals surface area contributed by atoms with Gasteiger partial charge in [0.25, 0.3) is 0 Å². The number of nitrogens with zero attached hydrogens (tertiary/aromatic N) is 4. The van der Waals surface area contributed by atoms with Crippen LogP contribution in [0.1, 0.15) is 19.4 Å². The van der Waals surface area contributed by atoms with Crippen molar-refractivity contribution < 1.29 is 32.2 Å². The third-order valence-electron chi connectivity index (χ3n) is 5.16. The van der Waals surface area contributed by atoms with Crippen LogP contribution in [-0.4, -0.2) is 73.4 Å². The lowest BCUT2D eigenvalue weighted by Crippen LogP contribution is -2.49. The Morgan fingerprint density at radius 1 is 1.09 bits per heavy atom. The van der Waals surface area contributed by atoms with E-state index in [1.54, 1.807) is 11.8 Å². The number of aromatic nitrogens is 2. The van der Waals surface area contributed by atoms with Gasteiger partial charge < -0.3 is 24.0 Å². The van der Waals surface area contributed by atoms with Gasteiger partial charge in [-0.2, -0.15) is 23.0 Å². The first kappa shape index (κ1) is 25.3. The predicted octanol–water partition coefficient (Wildman–Crippen LogP) is 2.95. The van der Waals surface area contributed by atoms with Gasteiger partial charge in [0.15, 0.2) is 0 Å². The maximum atomic E-state index is 13.3. The molecule has 1 aliphatic rings. The highest BCUT2D eigenvalue weighted by Gasteiger charge is 2.31. The molecule has 1 aromatic carbocycles. The number of piperazine rings is 1. The molecule has 2 heterocycles. The van der Waals surface area contributed by atoms with Gasteiger partial charge in [-0.25, -0.2) is 4.79 Å². The van der Waals surface area contributed by atoms with Crippen LogP contribution in [0.2, 0.25) is 0 Å². The molecule has 186 valence electrons. The number of hydrogen-bond acceptors (Lipinski definition) is 7. The summed E-state index contributed by atoms with van der Waals surface area (Å²) in [5.74, 6) is -0.0447. The minimum atomic E-state index is -4.56. The number of anilines is 1. The maximum absolute atomic E-state index is 13.3. The summed E-state index contributed by atoms with van der Waals surface area (Å²) in [4.78, 5) is 28.6. The van der Waals surface area contributed by atoms with E-state index in [1.807, 2.05) is 11.8 Å². The summed E-state index contributed by atoms with van der Waals surface area (Å²) in [6.45, 7) is 6.13. The van der Waals surface area contributed by atoms with Gasteiger partial charge in [-0.1, -0.05) is 6.07 Å². The van der Waals surface area contributed by atoms with Crippen molar-refractivity contribution in [2.75, 3.05) is 57.5 Å². The fourth-order valence-corrected chi connectivity index (χ4v) is 3.48. The summed E-state index contributed by atoms with van der Waals surface area (Å²) in [6, 6.07) is 4.36. The summed E-state index contributed by atoms with van der Waals surface area (Å²) in [5, 5.41) is 4.11. The minimum Gasteiger partial charge on any atom is -0.484 e. The fourth-order valence-electron chi connectivity index (χ4n) is 3.48. The molecule has 0 atom stereocenters. The summed E-state index contributed by atoms with van der Waals surface area (Å²) >= 11 is 0. The normalized spacial score (nSPS) is 14.3. The molecular weight excluding hydrogens is 457 g/mol. The first-order chi connectivity index (χ1) is 16.3. The molecule has 0 bridgehead atoms. The van der Waals surface area contributed by atoms with Crippen LogP contribution >= 0.6 is 0 Å². The van der Waals surface area contributed by atoms with Gasteiger partial charge in [0.2, 0.25) is 5.75 Å². The largest absolute Gasteiger partial charge is 0.484 e. The zero-order valence-electron chi connectivity index (χ0n) is 19.0. The topological polar surface area (TPSA) is 86.1 Å². The number of benzene rings is 1. The number of rotatable bonds is 8. The van der Waals surface area contributed by atoms with Crippen LogP contribution in [0.25, 0.3) is 5.69 Å². The van der Waals surface area contributed by atoms with Gasteiger partial charge in [-0.15, -0.1) is 0 Å². The van der Waals surface area contributed by atoms with Crippen LogP contribution < -0.4 is 15.2 Å². The van der Waals surface area contributed by atoms with Crippen LogP contribution in [0.3, 0.4) is 0 Å². The molecule has 9 nitrogen and oxygen atoms in total. The molecule has 0 radical (unpaired) electrons. The summed E-state index contributed by atoms with van der Waals surface area (Å²) in [7, 11) is 0. The molecule has 1 aromatic heterocycles. The molecule has 34 heavy (non-hydrogen) atoms. The zero-order chi connectivity index (χ0) is 24.7. The van der Waals surface area contributed by atoms with Crippen LogP contribution in [0.5, 0.6) is 5.75 Å². The van der Waals surface area contributed by atoms with E-state index in [1.165, 1.54) is 18.3 Å². The molecule has 0 N–H and O–H groups in total. The Hall–Kier alpha value is -3.28. The SMILES string of the molecule is CCOCCOc1c(N2CCN(C(=O)OCC)CC2)cnn(-c2cccc(C(F)(F)F)c2)c1=O. The second-order valence-electron chi connectivity index (χ2n) is 7.34. The molecule has 3 rings (SSSR count). The third kappa shape index (κ3) is 5.99. The second-order valence-corrected chi connectivity index (χ2v) is 7.34. The highest BCUT2D eigenvalue weighted by molar-refractivity contribution is 5.68. The van der Waals surface area contributed by atoms with E-state index in [9.17, 15) is 22.8 Å². The van der Waals surface area contributed by atoms with Crippen LogP contribution in [0.15, 0.2) is 35.3 Å². The van der Waals surface area contributed by atoms with Gasteiger partial charge in [0, 0.05) is 32.8 Å². The van der Waals surface area contributed by atoms with Crippen LogP contribution in [0.4, 0.5) is 23.7 Å². The molecule has 12 heteroatoms. The van der Waals surface area contributed by atoms with Gasteiger partial charge in [-0.05, 0) is 32.0 Å². The predicted molar refractivity (Wildman–Crippen MR) is 118 cm³/mol. The number of alkyl halides is 3. The van der Waals surface area contributed by atoms with Crippen molar-refractivity contribution in [1.29, 1.82) is 0 Å². The summed E-state index contributed by atoms with van der Waals surface area (Å²) in [6.07, 6.45) is -3.58. The van der Waals surface area contributed by atoms with Crippen molar-refractivity contribution in [1.82, 2.24) is 14.7 Å². The Bertz CT molecular complexity index is 1040. The Kier molecular flexibility index (Phi) is 8.37. The highest BCUT2D eigenvalue weighted by Crippen LogP contribution is 2.31. The van der Waals surface area contributed by atoms with Crippen molar-refractivity contribution in [2.45, 2.75) is 20.0 Å². The summed E-state index contributed by atoms with van der Waals surface area (Å²) < 4.78 is 56.4. The zero-order valence-corrected chi connectivity index (χ0v) is 19.0. The molecule has 1 fully saturated rings. The van der Waals surface area contributed by atoms with E-state index in [0.29, 0.717) is 38.5 Å². The average molecular weight is 484 g/mol. The number of hydrogen-bond donors (Lipinski definition) is 0. The lowest BCUT2D eigenvalue weighted by molar-refractivity contribution is -0.137.